The fourth-order valence-corrected chi connectivity index (χ4v) is 4.24. The number of fused-ring (bicyclic) bond motifs is 1. The van der Waals surface area contributed by atoms with Gasteiger partial charge in [-0.15, -0.1) is 0 Å². The third-order valence-electron chi connectivity index (χ3n) is 5.48. The lowest BCUT2D eigenvalue weighted by atomic mass is 9.58. The summed E-state index contributed by atoms with van der Waals surface area (Å²) in [5.74, 6) is 0. The lowest BCUT2D eigenvalue weighted by molar-refractivity contribution is -0.00758. The molecule has 0 aliphatic heterocycles. The molecule has 0 saturated heterocycles. The number of aliphatic hydroxyl groups excluding tert-OH is 1. The predicted molar refractivity (Wildman–Crippen MR) is 93.2 cm³/mol. The molecule has 0 aromatic heterocycles. The Morgan fingerprint density at radius 3 is 2.32 bits per heavy atom. The average molecular weight is 297 g/mol. The zero-order valence-electron chi connectivity index (χ0n) is 13.9. The van der Waals surface area contributed by atoms with Crippen molar-refractivity contribution in [1.82, 2.24) is 4.90 Å². The molecule has 1 N–H and O–H groups in total. The second kappa shape index (κ2) is 6.02. The topological polar surface area (TPSA) is 23.5 Å². The van der Waals surface area contributed by atoms with Gasteiger partial charge < -0.3 is 10.0 Å². The number of hydrogen-bond acceptors (Lipinski definition) is 2. The molecular formula is C20H27NO. The van der Waals surface area contributed by atoms with Gasteiger partial charge in [-0.1, -0.05) is 55.8 Å². The molecule has 22 heavy (non-hydrogen) atoms. The molecule has 2 aromatic rings. The quantitative estimate of drug-likeness (QED) is 0.903. The molecule has 118 valence electrons. The van der Waals surface area contributed by atoms with Crippen LogP contribution in [0, 0.1) is 0 Å². The van der Waals surface area contributed by atoms with E-state index >= 15 is 0 Å². The van der Waals surface area contributed by atoms with Crippen LogP contribution in [0.1, 0.15) is 38.2 Å². The van der Waals surface area contributed by atoms with E-state index in [2.05, 4.69) is 68.4 Å². The molecule has 0 radical (unpaired) electrons. The second-order valence-corrected chi connectivity index (χ2v) is 6.96. The van der Waals surface area contributed by atoms with Gasteiger partial charge in [-0.25, -0.2) is 0 Å². The third-order valence-corrected chi connectivity index (χ3v) is 5.48. The highest BCUT2D eigenvalue weighted by Gasteiger charge is 2.48. The van der Waals surface area contributed by atoms with Gasteiger partial charge in [-0.05, 0) is 49.7 Å². The number of nitrogens with zero attached hydrogens (tertiary/aromatic N) is 1. The van der Waals surface area contributed by atoms with Crippen molar-refractivity contribution in [1.29, 1.82) is 0 Å². The van der Waals surface area contributed by atoms with E-state index in [1.54, 1.807) is 0 Å². The second-order valence-electron chi connectivity index (χ2n) is 6.96. The maximum atomic E-state index is 10.6. The molecule has 1 aliphatic carbocycles. The molecule has 3 rings (SSSR count). The summed E-state index contributed by atoms with van der Waals surface area (Å²) in [5, 5.41) is 13.2. The van der Waals surface area contributed by atoms with Crippen molar-refractivity contribution in [2.24, 2.45) is 0 Å². The summed E-state index contributed by atoms with van der Waals surface area (Å²) in [6.07, 6.45) is 4.13. The van der Waals surface area contributed by atoms with Crippen molar-refractivity contribution in [2.75, 3.05) is 14.1 Å². The zero-order chi connectivity index (χ0) is 15.7. The molecule has 2 unspecified atom stereocenters. The number of benzene rings is 2. The minimum Gasteiger partial charge on any atom is -0.391 e. The van der Waals surface area contributed by atoms with E-state index in [1.165, 1.54) is 35.6 Å². The van der Waals surface area contributed by atoms with E-state index < -0.39 is 0 Å². The van der Waals surface area contributed by atoms with Crippen molar-refractivity contribution in [3.63, 3.8) is 0 Å². The van der Waals surface area contributed by atoms with Gasteiger partial charge in [-0.3, -0.25) is 0 Å². The van der Waals surface area contributed by atoms with Gasteiger partial charge in [0.2, 0.25) is 0 Å². The van der Waals surface area contributed by atoms with Crippen LogP contribution in [0.15, 0.2) is 42.5 Å². The minimum atomic E-state index is -0.276. The Labute approximate surface area is 133 Å². The first-order valence-corrected chi connectivity index (χ1v) is 8.42. The van der Waals surface area contributed by atoms with Gasteiger partial charge in [-0.2, -0.15) is 0 Å². The molecule has 1 fully saturated rings. The van der Waals surface area contributed by atoms with Gasteiger partial charge in [0, 0.05) is 11.5 Å². The Balaban J connectivity index is 2.07. The van der Waals surface area contributed by atoms with E-state index in [1.807, 2.05) is 0 Å². The standard InChI is InChI=1S/C20H27NO/c1-4-18(22)19(21(2)3)20(12-7-13-20)17-11-10-15-8-5-6-9-16(15)14-17/h5-6,8-11,14,18-19,22H,4,7,12-13H2,1-3H3. The molecule has 2 atom stereocenters. The van der Waals surface area contributed by atoms with Crippen molar-refractivity contribution in [3.05, 3.63) is 48.0 Å². The Kier molecular flexibility index (Phi) is 4.24. The zero-order valence-corrected chi connectivity index (χ0v) is 13.9. The van der Waals surface area contributed by atoms with E-state index in [4.69, 9.17) is 0 Å². The fraction of sp³-hybridized carbons (Fsp3) is 0.500. The van der Waals surface area contributed by atoms with Crippen molar-refractivity contribution in [2.45, 2.75) is 50.2 Å². The van der Waals surface area contributed by atoms with Gasteiger partial charge in [0.05, 0.1) is 6.10 Å². The van der Waals surface area contributed by atoms with Crippen molar-refractivity contribution in [3.8, 4) is 0 Å². The summed E-state index contributed by atoms with van der Waals surface area (Å²) in [4.78, 5) is 2.22. The van der Waals surface area contributed by atoms with Crippen LogP contribution in [0.3, 0.4) is 0 Å². The summed E-state index contributed by atoms with van der Waals surface area (Å²) in [6.45, 7) is 2.08. The average Bonchev–Trinajstić information content (AvgIpc) is 2.49. The van der Waals surface area contributed by atoms with Crippen molar-refractivity contribution < 1.29 is 5.11 Å². The SMILES string of the molecule is CCC(O)C(N(C)C)C1(c2ccc3ccccc3c2)CCC1. The normalized spacial score (nSPS) is 19.9. The third kappa shape index (κ3) is 2.45. The largest absolute Gasteiger partial charge is 0.391 e. The van der Waals surface area contributed by atoms with E-state index in [0.717, 1.165) is 6.42 Å². The molecule has 0 bridgehead atoms. The van der Waals surface area contributed by atoms with Crippen LogP contribution < -0.4 is 0 Å². The molecule has 2 heteroatoms. The lowest BCUT2D eigenvalue weighted by Gasteiger charge is -2.52. The maximum absolute atomic E-state index is 10.6. The first kappa shape index (κ1) is 15.5. The number of rotatable bonds is 5. The lowest BCUT2D eigenvalue weighted by Crippen LogP contribution is -2.57. The van der Waals surface area contributed by atoms with Crippen molar-refractivity contribution >= 4 is 10.8 Å². The van der Waals surface area contributed by atoms with E-state index in [9.17, 15) is 5.11 Å². The molecule has 2 aromatic carbocycles. The van der Waals surface area contributed by atoms with Crippen LogP contribution in [0.5, 0.6) is 0 Å². The minimum absolute atomic E-state index is 0.100. The number of aliphatic hydroxyl groups is 1. The Morgan fingerprint density at radius 1 is 1.09 bits per heavy atom. The first-order valence-electron chi connectivity index (χ1n) is 8.42. The predicted octanol–water partition coefficient (Wildman–Crippen LogP) is 3.96. The molecule has 0 heterocycles. The summed E-state index contributed by atoms with van der Waals surface area (Å²) in [5.41, 5.74) is 1.49. The monoisotopic (exact) mass is 297 g/mol. The first-order chi connectivity index (χ1) is 10.6. The van der Waals surface area contributed by atoms with Gasteiger partial charge in [0.25, 0.3) is 0 Å². The highest BCUT2D eigenvalue weighted by Crippen LogP contribution is 2.49. The smallest absolute Gasteiger partial charge is 0.0701 e. The van der Waals surface area contributed by atoms with Crippen LogP contribution in [-0.4, -0.2) is 36.2 Å². The fourth-order valence-electron chi connectivity index (χ4n) is 4.24. The Morgan fingerprint density at radius 2 is 1.77 bits per heavy atom. The van der Waals surface area contributed by atoms with Gasteiger partial charge >= 0.3 is 0 Å². The maximum Gasteiger partial charge on any atom is 0.0701 e. The molecule has 0 amide bonds. The molecular weight excluding hydrogens is 270 g/mol. The molecule has 2 nitrogen and oxygen atoms in total. The molecule has 1 saturated carbocycles. The highest BCUT2D eigenvalue weighted by molar-refractivity contribution is 5.83. The molecule has 0 spiro atoms. The Hall–Kier alpha value is -1.38. The van der Waals surface area contributed by atoms with Gasteiger partial charge in [0.1, 0.15) is 0 Å². The summed E-state index contributed by atoms with van der Waals surface area (Å²) in [6, 6.07) is 15.6. The summed E-state index contributed by atoms with van der Waals surface area (Å²) < 4.78 is 0. The number of hydrogen-bond donors (Lipinski definition) is 1. The molecule has 1 aliphatic rings. The highest BCUT2D eigenvalue weighted by atomic mass is 16.3. The van der Waals surface area contributed by atoms with Crippen LogP contribution in [-0.2, 0) is 5.41 Å². The number of likely N-dealkylation sites (N-methyl/N-ethyl adjacent to an activating group) is 1. The van der Waals surface area contributed by atoms with E-state index in [-0.39, 0.29) is 17.6 Å². The van der Waals surface area contributed by atoms with Crippen LogP contribution in [0.2, 0.25) is 0 Å². The van der Waals surface area contributed by atoms with Gasteiger partial charge in [0.15, 0.2) is 0 Å². The van der Waals surface area contributed by atoms with Crippen LogP contribution >= 0.6 is 0 Å². The van der Waals surface area contributed by atoms with E-state index in [0.29, 0.717) is 0 Å². The van der Waals surface area contributed by atoms with Crippen LogP contribution in [0.25, 0.3) is 10.8 Å². The summed E-state index contributed by atoms with van der Waals surface area (Å²) >= 11 is 0. The Bertz CT molecular complexity index is 645. The van der Waals surface area contributed by atoms with Crippen LogP contribution in [0.4, 0.5) is 0 Å². The summed E-state index contributed by atoms with van der Waals surface area (Å²) in [7, 11) is 4.20.